The lowest BCUT2D eigenvalue weighted by Gasteiger charge is -2.25. The number of phenols is 1. The second kappa shape index (κ2) is 11.0. The van der Waals surface area contributed by atoms with E-state index in [2.05, 4.69) is 13.8 Å². The maximum absolute atomic E-state index is 12.2. The van der Waals surface area contributed by atoms with Gasteiger partial charge in [-0.2, -0.15) is 0 Å². The number of methoxy groups -OCH3 is 1. The second-order valence-electron chi connectivity index (χ2n) is 8.63. The number of rotatable bonds is 11. The van der Waals surface area contributed by atoms with Crippen molar-refractivity contribution in [2.24, 2.45) is 11.8 Å². The van der Waals surface area contributed by atoms with Crippen LogP contribution in [0.1, 0.15) is 72.1 Å². The average molecular weight is 445 g/mol. The number of ether oxygens (including phenoxy) is 3. The lowest BCUT2D eigenvalue weighted by atomic mass is 9.96. The summed E-state index contributed by atoms with van der Waals surface area (Å²) in [5, 5.41) is 20.3. The molecule has 2 N–H and O–H groups in total. The Morgan fingerprint density at radius 2 is 1.78 bits per heavy atom. The lowest BCUT2D eigenvalue weighted by molar-refractivity contribution is 0.0206. The summed E-state index contributed by atoms with van der Waals surface area (Å²) in [6.07, 6.45) is 0.862. The van der Waals surface area contributed by atoms with Crippen LogP contribution < -0.4 is 9.47 Å². The zero-order chi connectivity index (χ0) is 24.0. The highest BCUT2D eigenvalue weighted by Gasteiger charge is 2.28. The first kappa shape index (κ1) is 25.2. The average Bonchev–Trinajstić information content (AvgIpc) is 2.71. The van der Waals surface area contributed by atoms with Crippen LogP contribution in [0.2, 0.25) is 0 Å². The van der Waals surface area contributed by atoms with E-state index < -0.39 is 5.97 Å². The van der Waals surface area contributed by atoms with E-state index in [4.69, 9.17) is 14.2 Å². The van der Waals surface area contributed by atoms with Crippen molar-refractivity contribution in [3.8, 4) is 23.0 Å². The highest BCUT2D eigenvalue weighted by Crippen LogP contribution is 2.42. The van der Waals surface area contributed by atoms with Gasteiger partial charge in [-0.3, -0.25) is 4.79 Å². The summed E-state index contributed by atoms with van der Waals surface area (Å²) < 4.78 is 17.4. The van der Waals surface area contributed by atoms with Gasteiger partial charge in [0, 0.05) is 12.2 Å². The summed E-state index contributed by atoms with van der Waals surface area (Å²) in [6, 6.07) is 6.19. The van der Waals surface area contributed by atoms with Gasteiger partial charge in [-0.15, -0.1) is 0 Å². The van der Waals surface area contributed by atoms with Gasteiger partial charge in [0.05, 0.1) is 18.8 Å². The molecule has 1 atom stereocenters. The molecule has 0 saturated carbocycles. The van der Waals surface area contributed by atoms with E-state index in [1.54, 1.807) is 19.1 Å². The molecule has 0 bridgehead atoms. The Balaban J connectivity index is 2.61. The van der Waals surface area contributed by atoms with E-state index in [1.807, 2.05) is 13.8 Å². The highest BCUT2D eigenvalue weighted by atomic mass is 16.5. The number of hydrogen-bond acceptors (Lipinski definition) is 6. The van der Waals surface area contributed by atoms with E-state index in [9.17, 15) is 19.8 Å². The SMILES string of the molecule is COc1c([C@@H](CC(C)C)OCC(C)C)ccc(Oc2c(O)cc(C)cc2C=O)c1C(=O)O. The number of carbonyl (C=O) groups excluding carboxylic acids is 1. The smallest absolute Gasteiger partial charge is 0.343 e. The third kappa shape index (κ3) is 6.01. The Hall–Kier alpha value is -3.06. The molecule has 7 heteroatoms. The van der Waals surface area contributed by atoms with Crippen LogP contribution in [0, 0.1) is 18.8 Å². The molecule has 32 heavy (non-hydrogen) atoms. The number of carboxylic acids is 1. The molecule has 0 amide bonds. The first-order chi connectivity index (χ1) is 15.1. The van der Waals surface area contributed by atoms with Gasteiger partial charge in [-0.05, 0) is 55.0 Å². The molecule has 0 aliphatic rings. The van der Waals surface area contributed by atoms with E-state index in [0.717, 1.165) is 0 Å². The standard InChI is InChI=1S/C25H32O7/c1-14(2)9-21(31-13-15(3)4)18-7-8-20(22(25(28)29)24(18)30-6)32-23-17(12-26)10-16(5)11-19(23)27/h7-8,10-12,14-15,21,27H,9,13H2,1-6H3,(H,28,29)/t21-/m1/s1. The van der Waals surface area contributed by atoms with Gasteiger partial charge in [0.2, 0.25) is 0 Å². The minimum atomic E-state index is -1.26. The number of aldehydes is 1. The van der Waals surface area contributed by atoms with Gasteiger partial charge in [0.1, 0.15) is 17.1 Å². The fourth-order valence-corrected chi connectivity index (χ4v) is 3.45. The lowest BCUT2D eigenvalue weighted by Crippen LogP contribution is -2.15. The third-order valence-electron chi connectivity index (χ3n) is 4.81. The second-order valence-corrected chi connectivity index (χ2v) is 8.63. The van der Waals surface area contributed by atoms with Crippen LogP contribution in [0.5, 0.6) is 23.0 Å². The Labute approximate surface area is 188 Å². The molecule has 0 unspecified atom stereocenters. The molecule has 2 aromatic carbocycles. The van der Waals surface area contributed by atoms with Crippen molar-refractivity contribution in [1.82, 2.24) is 0 Å². The monoisotopic (exact) mass is 444 g/mol. The summed E-state index contributed by atoms with van der Waals surface area (Å²) in [6.45, 7) is 10.5. The molecule has 2 aromatic rings. The normalized spacial score (nSPS) is 12.1. The molecule has 0 saturated heterocycles. The topological polar surface area (TPSA) is 102 Å². The van der Waals surface area contributed by atoms with Crippen LogP contribution in [0.25, 0.3) is 0 Å². The maximum Gasteiger partial charge on any atom is 0.343 e. The Morgan fingerprint density at radius 1 is 1.09 bits per heavy atom. The zero-order valence-corrected chi connectivity index (χ0v) is 19.5. The van der Waals surface area contributed by atoms with Crippen molar-refractivity contribution >= 4 is 12.3 Å². The van der Waals surface area contributed by atoms with E-state index in [0.29, 0.717) is 42.3 Å². The number of phenolic OH excluding ortho intramolecular Hbond substituents is 1. The first-order valence-corrected chi connectivity index (χ1v) is 10.6. The minimum absolute atomic E-state index is 0.0486. The van der Waals surface area contributed by atoms with Crippen LogP contribution >= 0.6 is 0 Å². The number of aromatic hydroxyl groups is 1. The van der Waals surface area contributed by atoms with Crippen molar-refractivity contribution in [2.45, 2.75) is 47.1 Å². The molecule has 0 heterocycles. The summed E-state index contributed by atoms with van der Waals surface area (Å²) >= 11 is 0. The van der Waals surface area contributed by atoms with Crippen molar-refractivity contribution < 1.29 is 34.0 Å². The molecule has 0 fully saturated rings. The number of carboxylic acid groups (broad SMARTS) is 1. The molecule has 2 rings (SSSR count). The summed E-state index contributed by atoms with van der Waals surface area (Å²) in [5.41, 5.74) is 1.18. The predicted octanol–water partition coefficient (Wildman–Crippen LogP) is 5.77. The van der Waals surface area contributed by atoms with Gasteiger partial charge in [0.15, 0.2) is 17.8 Å². The van der Waals surface area contributed by atoms with Crippen molar-refractivity contribution in [1.29, 1.82) is 0 Å². The highest BCUT2D eigenvalue weighted by molar-refractivity contribution is 5.95. The predicted molar refractivity (Wildman–Crippen MR) is 121 cm³/mol. The van der Waals surface area contributed by atoms with Gasteiger partial charge in [-0.1, -0.05) is 27.7 Å². The van der Waals surface area contributed by atoms with Crippen molar-refractivity contribution in [2.75, 3.05) is 13.7 Å². The zero-order valence-electron chi connectivity index (χ0n) is 19.5. The fourth-order valence-electron chi connectivity index (χ4n) is 3.45. The van der Waals surface area contributed by atoms with Crippen LogP contribution in [-0.4, -0.2) is 36.2 Å². The third-order valence-corrected chi connectivity index (χ3v) is 4.81. The minimum Gasteiger partial charge on any atom is -0.504 e. The van der Waals surface area contributed by atoms with E-state index in [-0.39, 0.29) is 40.2 Å². The van der Waals surface area contributed by atoms with Gasteiger partial charge >= 0.3 is 5.97 Å². The van der Waals surface area contributed by atoms with Gasteiger partial charge in [0.25, 0.3) is 0 Å². The molecule has 0 aliphatic heterocycles. The molecule has 0 spiro atoms. The molecule has 0 radical (unpaired) electrons. The number of benzene rings is 2. The Kier molecular flexibility index (Phi) is 8.66. The van der Waals surface area contributed by atoms with Crippen LogP contribution in [-0.2, 0) is 4.74 Å². The summed E-state index contributed by atoms with van der Waals surface area (Å²) in [4.78, 5) is 23.7. The van der Waals surface area contributed by atoms with Crippen LogP contribution in [0.15, 0.2) is 24.3 Å². The number of aromatic carboxylic acids is 1. The fraction of sp³-hybridized carbons (Fsp3) is 0.440. The quantitative estimate of drug-likeness (QED) is 0.424. The van der Waals surface area contributed by atoms with Crippen molar-refractivity contribution in [3.05, 3.63) is 46.5 Å². The number of carbonyl (C=O) groups is 2. The number of aryl methyl sites for hydroxylation is 1. The van der Waals surface area contributed by atoms with Gasteiger partial charge in [-0.25, -0.2) is 4.79 Å². The first-order valence-electron chi connectivity index (χ1n) is 10.6. The van der Waals surface area contributed by atoms with Crippen LogP contribution in [0.4, 0.5) is 0 Å². The summed E-state index contributed by atoms with van der Waals surface area (Å²) in [7, 11) is 1.39. The maximum atomic E-state index is 12.2. The Bertz CT molecular complexity index is 963. The molecule has 0 aromatic heterocycles. The van der Waals surface area contributed by atoms with E-state index in [1.165, 1.54) is 19.2 Å². The molecular formula is C25H32O7. The van der Waals surface area contributed by atoms with Crippen LogP contribution in [0.3, 0.4) is 0 Å². The molecular weight excluding hydrogens is 412 g/mol. The number of hydrogen-bond donors (Lipinski definition) is 2. The summed E-state index contributed by atoms with van der Waals surface area (Å²) in [5.74, 6) is -0.937. The molecule has 0 aliphatic carbocycles. The molecule has 7 nitrogen and oxygen atoms in total. The largest absolute Gasteiger partial charge is 0.504 e. The Morgan fingerprint density at radius 3 is 2.31 bits per heavy atom. The van der Waals surface area contributed by atoms with Crippen molar-refractivity contribution in [3.63, 3.8) is 0 Å². The van der Waals surface area contributed by atoms with Gasteiger partial charge < -0.3 is 24.4 Å². The molecule has 174 valence electrons. The van der Waals surface area contributed by atoms with E-state index >= 15 is 0 Å².